The average molecular weight is 754 g/mol. The molecule has 0 radical (unpaired) electrons. The van der Waals surface area contributed by atoms with E-state index >= 15 is 0 Å². The minimum atomic E-state index is 0.329. The summed E-state index contributed by atoms with van der Waals surface area (Å²) in [5.41, 5.74) is 16.8. The maximum Gasteiger partial charge on any atom is 0.0467 e. The molecule has 0 saturated carbocycles. The maximum absolute atomic E-state index is 2.39. The normalized spacial score (nSPS) is 13.4. The fraction of sp³-hybridized carbons (Fsp3) is 0.0345. The summed E-state index contributed by atoms with van der Waals surface area (Å²) in [6.45, 7) is 0. The number of hydrogen-bond donors (Lipinski definition) is 0. The van der Waals surface area contributed by atoms with Crippen molar-refractivity contribution >= 4 is 27.8 Å². The molecule has 10 rings (SSSR count). The van der Waals surface area contributed by atoms with Gasteiger partial charge in [-0.3, -0.25) is 0 Å². The van der Waals surface area contributed by atoms with Gasteiger partial charge in [-0.2, -0.15) is 0 Å². The number of allylic oxidation sites excluding steroid dienone is 4. The van der Waals surface area contributed by atoms with Crippen LogP contribution in [0.5, 0.6) is 0 Å². The molecule has 9 aromatic carbocycles. The molecule has 0 aromatic heterocycles. The number of hydrogen-bond acceptors (Lipinski definition) is 1. The minimum Gasteiger partial charge on any atom is -0.310 e. The molecule has 1 unspecified atom stereocenters. The van der Waals surface area contributed by atoms with Crippen molar-refractivity contribution in [2.24, 2.45) is 0 Å². The first kappa shape index (κ1) is 35.9. The number of rotatable bonds is 9. The second-order valence-electron chi connectivity index (χ2n) is 15.3. The van der Waals surface area contributed by atoms with Gasteiger partial charge in [0.05, 0.1) is 0 Å². The summed E-state index contributed by atoms with van der Waals surface area (Å²) >= 11 is 0. The highest BCUT2D eigenvalue weighted by Crippen LogP contribution is 2.43. The summed E-state index contributed by atoms with van der Waals surface area (Å²) in [6.07, 6.45) is 9.93. The van der Waals surface area contributed by atoms with Gasteiger partial charge in [0.25, 0.3) is 0 Å². The van der Waals surface area contributed by atoms with Gasteiger partial charge in [0.1, 0.15) is 0 Å². The standard InChI is InChI=1S/C58H43N/c1-5-15-42(16-6-1)44-27-32-52(33-28-44)59(54-36-38-55(46-18-7-2-8-19-46)58(41-54)48-22-11-4-12-23-48)53-34-29-45(30-35-53)50-31-37-56(57(40-50)47-20-9-3-10-21-47)51-26-25-43-17-13-14-24-49(43)39-51/h1-18,20-41,46H,19H2. The fourth-order valence-electron chi connectivity index (χ4n) is 8.56. The van der Waals surface area contributed by atoms with Crippen LogP contribution in [0.1, 0.15) is 17.9 Å². The summed E-state index contributed by atoms with van der Waals surface area (Å²) in [6, 6.07) is 79.6. The number of benzene rings is 9. The molecule has 1 aliphatic carbocycles. The molecule has 9 aromatic rings. The van der Waals surface area contributed by atoms with Crippen LogP contribution in [0.2, 0.25) is 0 Å². The Balaban J connectivity index is 1.06. The summed E-state index contributed by atoms with van der Waals surface area (Å²) in [4.78, 5) is 2.39. The lowest BCUT2D eigenvalue weighted by molar-refractivity contribution is 0.856. The predicted molar refractivity (Wildman–Crippen MR) is 251 cm³/mol. The zero-order chi connectivity index (χ0) is 39.4. The summed E-state index contributed by atoms with van der Waals surface area (Å²) in [5.74, 6) is 0.329. The van der Waals surface area contributed by atoms with Crippen LogP contribution in [0.15, 0.2) is 243 Å². The van der Waals surface area contributed by atoms with E-state index in [2.05, 4.69) is 248 Å². The molecule has 0 fully saturated rings. The third-order valence-corrected chi connectivity index (χ3v) is 11.6. The lowest BCUT2D eigenvalue weighted by Crippen LogP contribution is -2.11. The van der Waals surface area contributed by atoms with Crippen molar-refractivity contribution in [3.05, 3.63) is 248 Å². The van der Waals surface area contributed by atoms with Crippen molar-refractivity contribution in [3.8, 4) is 55.6 Å². The van der Waals surface area contributed by atoms with Crippen molar-refractivity contribution in [2.75, 3.05) is 4.90 Å². The van der Waals surface area contributed by atoms with Crippen LogP contribution < -0.4 is 4.90 Å². The second-order valence-corrected chi connectivity index (χ2v) is 15.3. The number of fused-ring (bicyclic) bond motifs is 1. The molecular weight excluding hydrogens is 711 g/mol. The molecular formula is C58H43N. The molecule has 0 N–H and O–H groups in total. The van der Waals surface area contributed by atoms with E-state index < -0.39 is 0 Å². The van der Waals surface area contributed by atoms with Gasteiger partial charge in [0.15, 0.2) is 0 Å². The number of nitrogens with zero attached hydrogens (tertiary/aromatic N) is 1. The highest BCUT2D eigenvalue weighted by atomic mass is 15.1. The highest BCUT2D eigenvalue weighted by Gasteiger charge is 2.20. The highest BCUT2D eigenvalue weighted by molar-refractivity contribution is 5.93. The first-order chi connectivity index (χ1) is 29.2. The Bertz CT molecular complexity index is 2920. The maximum atomic E-state index is 2.39. The predicted octanol–water partition coefficient (Wildman–Crippen LogP) is 16.2. The molecule has 1 heteroatoms. The van der Waals surface area contributed by atoms with E-state index in [1.165, 1.54) is 72.0 Å². The Morgan fingerprint density at radius 2 is 0.847 bits per heavy atom. The van der Waals surface area contributed by atoms with E-state index in [0.29, 0.717) is 5.92 Å². The third kappa shape index (κ3) is 7.43. The molecule has 0 aliphatic heterocycles. The molecule has 280 valence electrons. The zero-order valence-corrected chi connectivity index (χ0v) is 32.8. The molecule has 1 nitrogen and oxygen atoms in total. The molecule has 0 spiro atoms. The minimum absolute atomic E-state index is 0.329. The molecule has 1 aliphatic rings. The van der Waals surface area contributed by atoms with Gasteiger partial charge in [0, 0.05) is 23.0 Å². The zero-order valence-electron chi connectivity index (χ0n) is 32.8. The van der Waals surface area contributed by atoms with Crippen LogP contribution in [0, 0.1) is 0 Å². The van der Waals surface area contributed by atoms with Crippen LogP contribution >= 0.6 is 0 Å². The number of anilines is 3. The van der Waals surface area contributed by atoms with Crippen LogP contribution in [-0.4, -0.2) is 0 Å². The molecule has 59 heavy (non-hydrogen) atoms. The largest absolute Gasteiger partial charge is 0.310 e. The second kappa shape index (κ2) is 16.2. The van der Waals surface area contributed by atoms with Gasteiger partial charge in [-0.25, -0.2) is 0 Å². The SMILES string of the molecule is C1=CCC(c2ccc(N(c3ccc(-c4ccccc4)cc3)c3ccc(-c4ccc(-c5ccc6ccccc6c5)c(-c5ccccc5)c4)cc3)cc2-c2ccccc2)C=C1. The summed E-state index contributed by atoms with van der Waals surface area (Å²) < 4.78 is 0. The van der Waals surface area contributed by atoms with E-state index in [-0.39, 0.29) is 0 Å². The van der Waals surface area contributed by atoms with Gasteiger partial charge in [0.2, 0.25) is 0 Å². The van der Waals surface area contributed by atoms with Crippen molar-refractivity contribution in [3.63, 3.8) is 0 Å². The Kier molecular flexibility index (Phi) is 9.84. The molecule has 1 atom stereocenters. The molecule has 0 amide bonds. The molecule has 0 saturated heterocycles. The lowest BCUT2D eigenvalue weighted by Gasteiger charge is -2.28. The van der Waals surface area contributed by atoms with Crippen molar-refractivity contribution in [1.29, 1.82) is 0 Å². The third-order valence-electron chi connectivity index (χ3n) is 11.6. The van der Waals surface area contributed by atoms with Gasteiger partial charge in [-0.05, 0) is 127 Å². The fourth-order valence-corrected chi connectivity index (χ4v) is 8.56. The monoisotopic (exact) mass is 753 g/mol. The van der Waals surface area contributed by atoms with Crippen LogP contribution in [0.25, 0.3) is 66.4 Å². The summed E-state index contributed by atoms with van der Waals surface area (Å²) in [5, 5.41) is 2.50. The molecule has 0 heterocycles. The molecule has 0 bridgehead atoms. The van der Waals surface area contributed by atoms with Gasteiger partial charge in [-0.1, -0.05) is 194 Å². The van der Waals surface area contributed by atoms with E-state index in [1.807, 2.05) is 0 Å². The van der Waals surface area contributed by atoms with Gasteiger partial charge in [-0.15, -0.1) is 0 Å². The van der Waals surface area contributed by atoms with E-state index in [1.54, 1.807) is 0 Å². The van der Waals surface area contributed by atoms with Crippen molar-refractivity contribution in [1.82, 2.24) is 0 Å². The van der Waals surface area contributed by atoms with E-state index in [0.717, 1.165) is 23.5 Å². The lowest BCUT2D eigenvalue weighted by atomic mass is 9.86. The Morgan fingerprint density at radius 3 is 1.49 bits per heavy atom. The topological polar surface area (TPSA) is 3.24 Å². The van der Waals surface area contributed by atoms with Crippen LogP contribution in [-0.2, 0) is 0 Å². The quantitative estimate of drug-likeness (QED) is 0.142. The van der Waals surface area contributed by atoms with Crippen LogP contribution in [0.4, 0.5) is 17.1 Å². The van der Waals surface area contributed by atoms with Gasteiger partial charge >= 0.3 is 0 Å². The summed E-state index contributed by atoms with van der Waals surface area (Å²) in [7, 11) is 0. The van der Waals surface area contributed by atoms with E-state index in [9.17, 15) is 0 Å². The van der Waals surface area contributed by atoms with Crippen molar-refractivity contribution in [2.45, 2.75) is 12.3 Å². The Hall–Kier alpha value is -7.48. The Morgan fingerprint density at radius 1 is 0.322 bits per heavy atom. The first-order valence-electron chi connectivity index (χ1n) is 20.5. The smallest absolute Gasteiger partial charge is 0.0467 e. The Labute approximate surface area is 347 Å². The first-order valence-corrected chi connectivity index (χ1v) is 20.5. The van der Waals surface area contributed by atoms with Crippen LogP contribution in [0.3, 0.4) is 0 Å². The van der Waals surface area contributed by atoms with Crippen molar-refractivity contribution < 1.29 is 0 Å². The van der Waals surface area contributed by atoms with Gasteiger partial charge < -0.3 is 4.90 Å². The average Bonchev–Trinajstić information content (AvgIpc) is 3.33. The van der Waals surface area contributed by atoms with E-state index in [4.69, 9.17) is 0 Å².